The largest absolute Gasteiger partial charge is 0.306 e. The van der Waals surface area contributed by atoms with Crippen molar-refractivity contribution >= 4 is 0 Å². The van der Waals surface area contributed by atoms with Crippen LogP contribution in [-0.2, 0) is 0 Å². The lowest BCUT2D eigenvalue weighted by atomic mass is 9.75. The topological polar surface area (TPSA) is 3.24 Å². The van der Waals surface area contributed by atoms with Gasteiger partial charge in [-0.25, -0.2) is 0 Å². The van der Waals surface area contributed by atoms with Gasteiger partial charge in [0.2, 0.25) is 0 Å². The van der Waals surface area contributed by atoms with Crippen molar-refractivity contribution < 1.29 is 0 Å². The molecule has 0 aromatic carbocycles. The van der Waals surface area contributed by atoms with Crippen LogP contribution in [0, 0.1) is 17.8 Å². The van der Waals surface area contributed by atoms with E-state index in [4.69, 9.17) is 0 Å². The molecule has 1 saturated heterocycles. The van der Waals surface area contributed by atoms with Crippen LogP contribution in [-0.4, -0.2) is 25.0 Å². The summed E-state index contributed by atoms with van der Waals surface area (Å²) in [6.45, 7) is 5.10. The van der Waals surface area contributed by atoms with E-state index in [0.29, 0.717) is 0 Å². The lowest BCUT2D eigenvalue weighted by Crippen LogP contribution is -2.22. The van der Waals surface area contributed by atoms with Crippen LogP contribution < -0.4 is 0 Å². The fraction of sp³-hybridized carbons (Fsp3) is 1.00. The van der Waals surface area contributed by atoms with Gasteiger partial charge in [0.05, 0.1) is 0 Å². The fourth-order valence-electron chi connectivity index (χ4n) is 3.13. The van der Waals surface area contributed by atoms with Crippen LogP contribution in [0.1, 0.15) is 32.6 Å². The van der Waals surface area contributed by atoms with Crippen molar-refractivity contribution in [2.75, 3.05) is 20.1 Å². The molecule has 70 valence electrons. The van der Waals surface area contributed by atoms with E-state index >= 15 is 0 Å². The van der Waals surface area contributed by atoms with Gasteiger partial charge in [-0.2, -0.15) is 0 Å². The molecule has 12 heavy (non-hydrogen) atoms. The van der Waals surface area contributed by atoms with E-state index in [9.17, 15) is 0 Å². The predicted octanol–water partition coefficient (Wildman–Crippen LogP) is 2.37. The van der Waals surface area contributed by atoms with Crippen molar-refractivity contribution in [3.8, 4) is 0 Å². The molecule has 0 N–H and O–H groups in total. The molecule has 0 amide bonds. The Labute approximate surface area is 76.1 Å². The van der Waals surface area contributed by atoms with Gasteiger partial charge in [-0.1, -0.05) is 19.8 Å². The Kier molecular flexibility index (Phi) is 2.40. The summed E-state index contributed by atoms with van der Waals surface area (Å²) in [5.74, 6) is 3.16. The van der Waals surface area contributed by atoms with Gasteiger partial charge in [0.15, 0.2) is 0 Å². The molecular formula is C11H21N. The first kappa shape index (κ1) is 8.55. The number of hydrogen-bond donors (Lipinski definition) is 0. The molecular weight excluding hydrogens is 146 g/mol. The van der Waals surface area contributed by atoms with Crippen molar-refractivity contribution in [1.82, 2.24) is 4.90 Å². The van der Waals surface area contributed by atoms with Gasteiger partial charge in [-0.3, -0.25) is 0 Å². The molecule has 0 unspecified atom stereocenters. The normalized spacial score (nSPS) is 43.0. The Hall–Kier alpha value is -0.0400. The molecule has 1 aliphatic carbocycles. The van der Waals surface area contributed by atoms with E-state index in [1.807, 2.05) is 0 Å². The molecule has 2 aliphatic rings. The third-order valence-corrected chi connectivity index (χ3v) is 3.92. The van der Waals surface area contributed by atoms with E-state index in [-0.39, 0.29) is 0 Å². The third kappa shape index (κ3) is 1.52. The second-order valence-electron chi connectivity index (χ2n) is 4.83. The van der Waals surface area contributed by atoms with Gasteiger partial charge in [0, 0.05) is 13.1 Å². The Morgan fingerprint density at radius 3 is 2.67 bits per heavy atom. The molecule has 1 heteroatoms. The Bertz CT molecular complexity index is 155. The van der Waals surface area contributed by atoms with Crippen LogP contribution >= 0.6 is 0 Å². The second-order valence-corrected chi connectivity index (χ2v) is 4.83. The number of nitrogens with zero attached hydrogens (tertiary/aromatic N) is 1. The van der Waals surface area contributed by atoms with Gasteiger partial charge in [0.1, 0.15) is 0 Å². The zero-order valence-corrected chi connectivity index (χ0v) is 8.42. The molecule has 1 nitrogen and oxygen atoms in total. The maximum absolute atomic E-state index is 2.52. The van der Waals surface area contributed by atoms with E-state index in [2.05, 4.69) is 18.9 Å². The summed E-state index contributed by atoms with van der Waals surface area (Å²) in [6, 6.07) is 0. The minimum Gasteiger partial charge on any atom is -0.306 e. The minimum atomic E-state index is 1.05. The van der Waals surface area contributed by atoms with Crippen molar-refractivity contribution in [1.29, 1.82) is 0 Å². The van der Waals surface area contributed by atoms with E-state index in [1.54, 1.807) is 0 Å². The summed E-state index contributed by atoms with van der Waals surface area (Å²) >= 11 is 0. The summed E-state index contributed by atoms with van der Waals surface area (Å²) in [5, 5.41) is 0. The van der Waals surface area contributed by atoms with Crippen molar-refractivity contribution in [2.24, 2.45) is 17.8 Å². The lowest BCUT2D eigenvalue weighted by Gasteiger charge is -2.30. The SMILES string of the molecule is CC[C@H]1CC[C@@H]2CN(C)C[C@@H]2C1. The second kappa shape index (κ2) is 3.37. The van der Waals surface area contributed by atoms with Crippen LogP contribution in [0.25, 0.3) is 0 Å². The molecule has 3 atom stereocenters. The maximum atomic E-state index is 2.52. The molecule has 2 fully saturated rings. The summed E-state index contributed by atoms with van der Waals surface area (Å²) in [6.07, 6.45) is 5.94. The summed E-state index contributed by atoms with van der Waals surface area (Å²) in [5.41, 5.74) is 0. The smallest absolute Gasteiger partial charge is 0.000995 e. The third-order valence-electron chi connectivity index (χ3n) is 3.92. The van der Waals surface area contributed by atoms with Crippen LogP contribution in [0.2, 0.25) is 0 Å². The molecule has 1 heterocycles. The molecule has 1 aliphatic heterocycles. The maximum Gasteiger partial charge on any atom is 0.000995 e. The number of likely N-dealkylation sites (tertiary alicyclic amines) is 1. The fourth-order valence-corrected chi connectivity index (χ4v) is 3.13. The van der Waals surface area contributed by atoms with Crippen LogP contribution in [0.5, 0.6) is 0 Å². The molecule has 1 saturated carbocycles. The standard InChI is InChI=1S/C11H21N/c1-3-9-4-5-10-7-12(2)8-11(10)6-9/h9-11H,3-8H2,1-2H3/t9-,10+,11-/m0/s1. The van der Waals surface area contributed by atoms with Gasteiger partial charge in [-0.15, -0.1) is 0 Å². The number of rotatable bonds is 1. The summed E-state index contributed by atoms with van der Waals surface area (Å²) < 4.78 is 0. The first-order valence-corrected chi connectivity index (χ1v) is 5.48. The molecule has 0 aromatic heterocycles. The van der Waals surface area contributed by atoms with Crippen LogP contribution in [0.3, 0.4) is 0 Å². The first-order valence-electron chi connectivity index (χ1n) is 5.48. The number of hydrogen-bond acceptors (Lipinski definition) is 1. The molecule has 0 aromatic rings. The van der Waals surface area contributed by atoms with Gasteiger partial charge in [-0.05, 0) is 37.6 Å². The average molecular weight is 167 g/mol. The van der Waals surface area contributed by atoms with Crippen molar-refractivity contribution in [3.63, 3.8) is 0 Å². The Morgan fingerprint density at radius 1 is 1.17 bits per heavy atom. The molecule has 0 radical (unpaired) electrons. The molecule has 2 rings (SSSR count). The molecule has 0 bridgehead atoms. The highest BCUT2D eigenvalue weighted by molar-refractivity contribution is 4.87. The van der Waals surface area contributed by atoms with Gasteiger partial charge < -0.3 is 4.90 Å². The predicted molar refractivity (Wildman–Crippen MR) is 52.1 cm³/mol. The van der Waals surface area contributed by atoms with Crippen LogP contribution in [0.15, 0.2) is 0 Å². The minimum absolute atomic E-state index is 1.05. The van der Waals surface area contributed by atoms with Crippen molar-refractivity contribution in [3.05, 3.63) is 0 Å². The Morgan fingerprint density at radius 2 is 1.92 bits per heavy atom. The highest BCUT2D eigenvalue weighted by Crippen LogP contribution is 2.39. The first-order chi connectivity index (χ1) is 5.79. The Balaban J connectivity index is 1.93. The van der Waals surface area contributed by atoms with E-state index in [1.165, 1.54) is 38.8 Å². The zero-order valence-electron chi connectivity index (χ0n) is 8.42. The van der Waals surface area contributed by atoms with Crippen molar-refractivity contribution in [2.45, 2.75) is 32.6 Å². The molecule has 0 spiro atoms. The summed E-state index contributed by atoms with van der Waals surface area (Å²) in [4.78, 5) is 2.52. The lowest BCUT2D eigenvalue weighted by molar-refractivity contribution is 0.220. The monoisotopic (exact) mass is 167 g/mol. The van der Waals surface area contributed by atoms with E-state index in [0.717, 1.165) is 17.8 Å². The highest BCUT2D eigenvalue weighted by Gasteiger charge is 2.35. The summed E-state index contributed by atoms with van der Waals surface area (Å²) in [7, 11) is 2.28. The van der Waals surface area contributed by atoms with Crippen LogP contribution in [0.4, 0.5) is 0 Å². The quantitative estimate of drug-likeness (QED) is 0.579. The van der Waals surface area contributed by atoms with Gasteiger partial charge >= 0.3 is 0 Å². The van der Waals surface area contributed by atoms with Gasteiger partial charge in [0.25, 0.3) is 0 Å². The zero-order chi connectivity index (χ0) is 8.55. The highest BCUT2D eigenvalue weighted by atomic mass is 15.1. The number of fused-ring (bicyclic) bond motifs is 1. The average Bonchev–Trinajstić information content (AvgIpc) is 2.43. The van der Waals surface area contributed by atoms with E-state index < -0.39 is 0 Å².